The van der Waals surface area contributed by atoms with E-state index < -0.39 is 0 Å². The zero-order valence-corrected chi connectivity index (χ0v) is 9.67. The fourth-order valence-electron chi connectivity index (χ4n) is 2.00. The SMILES string of the molecule is CC(NC1CC(N)C1)c1ccc(Cl)cc1. The predicted molar refractivity (Wildman–Crippen MR) is 64.0 cm³/mol. The smallest absolute Gasteiger partial charge is 0.0406 e. The van der Waals surface area contributed by atoms with Gasteiger partial charge in [-0.15, -0.1) is 0 Å². The average Bonchev–Trinajstić information content (AvgIpc) is 2.16. The lowest BCUT2D eigenvalue weighted by atomic mass is 9.87. The van der Waals surface area contributed by atoms with Crippen molar-refractivity contribution in [3.63, 3.8) is 0 Å². The van der Waals surface area contributed by atoms with Gasteiger partial charge >= 0.3 is 0 Å². The van der Waals surface area contributed by atoms with Gasteiger partial charge in [0.05, 0.1) is 0 Å². The molecule has 15 heavy (non-hydrogen) atoms. The predicted octanol–water partition coefficient (Wildman–Crippen LogP) is 2.48. The van der Waals surface area contributed by atoms with Crippen LogP contribution in [0.3, 0.4) is 0 Å². The molecule has 82 valence electrons. The summed E-state index contributed by atoms with van der Waals surface area (Å²) in [6.45, 7) is 2.17. The molecule has 1 aliphatic carbocycles. The van der Waals surface area contributed by atoms with Gasteiger partial charge in [-0.25, -0.2) is 0 Å². The van der Waals surface area contributed by atoms with E-state index in [4.69, 9.17) is 17.3 Å². The summed E-state index contributed by atoms with van der Waals surface area (Å²) >= 11 is 5.84. The van der Waals surface area contributed by atoms with E-state index in [-0.39, 0.29) is 0 Å². The van der Waals surface area contributed by atoms with E-state index in [2.05, 4.69) is 24.4 Å². The van der Waals surface area contributed by atoms with Gasteiger partial charge in [-0.3, -0.25) is 0 Å². The summed E-state index contributed by atoms with van der Waals surface area (Å²) in [7, 11) is 0. The van der Waals surface area contributed by atoms with Crippen LogP contribution in [0.25, 0.3) is 0 Å². The third kappa shape index (κ3) is 2.71. The van der Waals surface area contributed by atoms with E-state index in [1.54, 1.807) is 0 Å². The summed E-state index contributed by atoms with van der Waals surface area (Å²) < 4.78 is 0. The summed E-state index contributed by atoms with van der Waals surface area (Å²) in [5, 5.41) is 4.35. The second kappa shape index (κ2) is 4.52. The lowest BCUT2D eigenvalue weighted by Gasteiger charge is -2.35. The molecule has 1 aromatic rings. The second-order valence-corrected chi connectivity index (χ2v) is 4.80. The number of hydrogen-bond donors (Lipinski definition) is 2. The highest BCUT2D eigenvalue weighted by Gasteiger charge is 2.26. The van der Waals surface area contributed by atoms with E-state index >= 15 is 0 Å². The Balaban J connectivity index is 1.90. The molecule has 0 aliphatic heterocycles. The third-order valence-corrected chi connectivity index (χ3v) is 3.28. The minimum absolute atomic E-state index is 0.375. The highest BCUT2D eigenvalue weighted by molar-refractivity contribution is 6.30. The topological polar surface area (TPSA) is 38.0 Å². The molecule has 0 amide bonds. The maximum absolute atomic E-state index is 5.84. The van der Waals surface area contributed by atoms with Crippen LogP contribution < -0.4 is 11.1 Å². The fraction of sp³-hybridized carbons (Fsp3) is 0.500. The van der Waals surface area contributed by atoms with Gasteiger partial charge in [-0.1, -0.05) is 23.7 Å². The van der Waals surface area contributed by atoms with Gasteiger partial charge in [0.1, 0.15) is 0 Å². The number of halogens is 1. The molecule has 1 saturated carbocycles. The van der Waals surface area contributed by atoms with Gasteiger partial charge < -0.3 is 11.1 Å². The monoisotopic (exact) mass is 224 g/mol. The van der Waals surface area contributed by atoms with Crippen molar-refractivity contribution in [1.82, 2.24) is 5.32 Å². The Kier molecular flexibility index (Phi) is 3.29. The normalized spacial score (nSPS) is 27.1. The summed E-state index contributed by atoms with van der Waals surface area (Å²) in [5.41, 5.74) is 7.02. The summed E-state index contributed by atoms with van der Waals surface area (Å²) in [4.78, 5) is 0. The maximum Gasteiger partial charge on any atom is 0.0406 e. The van der Waals surface area contributed by atoms with E-state index in [9.17, 15) is 0 Å². The molecule has 3 heteroatoms. The molecule has 3 N–H and O–H groups in total. The Labute approximate surface area is 95.8 Å². The Bertz CT molecular complexity index is 317. The molecule has 0 heterocycles. The number of nitrogens with one attached hydrogen (secondary N) is 1. The molecule has 1 fully saturated rings. The molecule has 0 spiro atoms. The van der Waals surface area contributed by atoms with Crippen LogP contribution in [0.15, 0.2) is 24.3 Å². The molecular formula is C12H17ClN2. The molecule has 0 bridgehead atoms. The van der Waals surface area contributed by atoms with Gasteiger partial charge in [-0.05, 0) is 37.5 Å². The molecule has 0 aromatic heterocycles. The first-order chi connectivity index (χ1) is 7.15. The summed E-state index contributed by atoms with van der Waals surface area (Å²) in [6.07, 6.45) is 2.19. The van der Waals surface area contributed by atoms with Crippen LogP contribution in [0, 0.1) is 0 Å². The fourth-order valence-corrected chi connectivity index (χ4v) is 2.13. The van der Waals surface area contributed by atoms with E-state index in [1.807, 2.05) is 12.1 Å². The molecule has 0 saturated heterocycles. The van der Waals surface area contributed by atoms with Gasteiger partial charge in [0, 0.05) is 23.1 Å². The Morgan fingerprint density at radius 2 is 1.93 bits per heavy atom. The Morgan fingerprint density at radius 1 is 1.33 bits per heavy atom. The molecular weight excluding hydrogens is 208 g/mol. The molecule has 2 nitrogen and oxygen atoms in total. The molecule has 1 unspecified atom stereocenters. The van der Waals surface area contributed by atoms with Crippen molar-refractivity contribution in [2.45, 2.75) is 37.9 Å². The van der Waals surface area contributed by atoms with E-state index in [0.29, 0.717) is 18.1 Å². The van der Waals surface area contributed by atoms with Crippen LogP contribution >= 0.6 is 11.6 Å². The van der Waals surface area contributed by atoms with Crippen molar-refractivity contribution in [1.29, 1.82) is 0 Å². The highest BCUT2D eigenvalue weighted by Crippen LogP contribution is 2.22. The van der Waals surface area contributed by atoms with Crippen molar-refractivity contribution in [2.24, 2.45) is 5.73 Å². The van der Waals surface area contributed by atoms with Crippen LogP contribution in [-0.2, 0) is 0 Å². The van der Waals surface area contributed by atoms with Crippen LogP contribution in [0.1, 0.15) is 31.4 Å². The minimum atomic E-state index is 0.375. The van der Waals surface area contributed by atoms with Crippen LogP contribution in [0.2, 0.25) is 5.02 Å². The first-order valence-electron chi connectivity index (χ1n) is 5.42. The average molecular weight is 225 g/mol. The lowest BCUT2D eigenvalue weighted by Crippen LogP contribution is -2.49. The van der Waals surface area contributed by atoms with Crippen molar-refractivity contribution in [3.8, 4) is 0 Å². The van der Waals surface area contributed by atoms with Crippen molar-refractivity contribution in [3.05, 3.63) is 34.9 Å². The zero-order valence-electron chi connectivity index (χ0n) is 8.91. The van der Waals surface area contributed by atoms with Crippen molar-refractivity contribution < 1.29 is 0 Å². The largest absolute Gasteiger partial charge is 0.328 e. The number of nitrogens with two attached hydrogens (primary N) is 1. The molecule has 0 radical (unpaired) electrons. The number of hydrogen-bond acceptors (Lipinski definition) is 2. The minimum Gasteiger partial charge on any atom is -0.328 e. The van der Waals surface area contributed by atoms with Gasteiger partial charge in [0.25, 0.3) is 0 Å². The van der Waals surface area contributed by atoms with Crippen molar-refractivity contribution >= 4 is 11.6 Å². The van der Waals surface area contributed by atoms with E-state index in [1.165, 1.54) is 5.56 Å². The first-order valence-corrected chi connectivity index (χ1v) is 5.80. The molecule has 1 atom stereocenters. The van der Waals surface area contributed by atoms with Gasteiger partial charge in [0.15, 0.2) is 0 Å². The van der Waals surface area contributed by atoms with Crippen LogP contribution in [0.5, 0.6) is 0 Å². The summed E-state index contributed by atoms with van der Waals surface area (Å²) in [5.74, 6) is 0. The highest BCUT2D eigenvalue weighted by atomic mass is 35.5. The second-order valence-electron chi connectivity index (χ2n) is 4.37. The Morgan fingerprint density at radius 3 is 2.47 bits per heavy atom. The van der Waals surface area contributed by atoms with Crippen LogP contribution in [-0.4, -0.2) is 12.1 Å². The molecule has 2 rings (SSSR count). The van der Waals surface area contributed by atoms with Crippen molar-refractivity contribution in [2.75, 3.05) is 0 Å². The number of benzene rings is 1. The van der Waals surface area contributed by atoms with E-state index in [0.717, 1.165) is 17.9 Å². The maximum atomic E-state index is 5.84. The third-order valence-electron chi connectivity index (χ3n) is 3.03. The summed E-state index contributed by atoms with van der Waals surface area (Å²) in [6, 6.07) is 9.37. The number of rotatable bonds is 3. The molecule has 1 aromatic carbocycles. The van der Waals surface area contributed by atoms with Crippen LogP contribution in [0.4, 0.5) is 0 Å². The zero-order chi connectivity index (χ0) is 10.8. The molecule has 1 aliphatic rings. The first kappa shape index (κ1) is 10.9. The van der Waals surface area contributed by atoms with Gasteiger partial charge in [-0.2, -0.15) is 0 Å². The quantitative estimate of drug-likeness (QED) is 0.828. The lowest BCUT2D eigenvalue weighted by molar-refractivity contribution is 0.272. The Hall–Kier alpha value is -0.570. The standard InChI is InChI=1S/C12H17ClN2/c1-8(15-12-6-11(14)7-12)9-2-4-10(13)5-3-9/h2-5,8,11-12,15H,6-7,14H2,1H3. The van der Waals surface area contributed by atoms with Gasteiger partial charge in [0.2, 0.25) is 0 Å².